The zero-order valence-corrected chi connectivity index (χ0v) is 10.3. The molecule has 1 aliphatic heterocycles. The molecular weight excluding hydrogens is 238 g/mol. The molecule has 5 N–H and O–H groups in total. The molecule has 18 heavy (non-hydrogen) atoms. The van der Waals surface area contributed by atoms with Crippen molar-refractivity contribution in [2.75, 3.05) is 32.8 Å². The third-order valence-corrected chi connectivity index (χ3v) is 3.02. The predicted octanol–water partition coefficient (Wildman–Crippen LogP) is -1.78. The zero-order chi connectivity index (χ0) is 13.5. The number of nitrogens with one attached hydrogen (secondary N) is 1. The molecule has 0 radical (unpaired) electrons. The van der Waals surface area contributed by atoms with Gasteiger partial charge >= 0.3 is 5.97 Å². The molecule has 0 spiro atoms. The molecule has 2 atom stereocenters. The first-order chi connectivity index (χ1) is 8.52. The van der Waals surface area contributed by atoms with E-state index in [9.17, 15) is 9.59 Å². The number of primary amides is 1. The first-order valence-corrected chi connectivity index (χ1v) is 6.10. The molecule has 1 heterocycles. The van der Waals surface area contributed by atoms with Crippen molar-refractivity contribution in [2.24, 2.45) is 11.7 Å². The molecule has 2 unspecified atom stereocenters. The van der Waals surface area contributed by atoms with Crippen LogP contribution in [-0.2, 0) is 9.59 Å². The Morgan fingerprint density at radius 1 is 1.39 bits per heavy atom. The van der Waals surface area contributed by atoms with Crippen LogP contribution in [0.15, 0.2) is 0 Å². The molecule has 104 valence electrons. The summed E-state index contributed by atoms with van der Waals surface area (Å²) >= 11 is 0. The van der Waals surface area contributed by atoms with Gasteiger partial charge in [-0.3, -0.25) is 14.5 Å². The molecule has 0 bridgehead atoms. The molecule has 7 nitrogen and oxygen atoms in total. The van der Waals surface area contributed by atoms with Crippen LogP contribution in [0.4, 0.5) is 0 Å². The van der Waals surface area contributed by atoms with Crippen molar-refractivity contribution in [1.29, 1.82) is 0 Å². The fourth-order valence-corrected chi connectivity index (χ4v) is 2.25. The summed E-state index contributed by atoms with van der Waals surface area (Å²) in [5.74, 6) is -1.78. The molecule has 1 aliphatic rings. The number of aliphatic carboxylic acids is 1. The molecular formula is C11H21N3O4. The number of rotatable bonds is 7. The molecule has 1 fully saturated rings. The van der Waals surface area contributed by atoms with Crippen LogP contribution in [0.2, 0.25) is 0 Å². The summed E-state index contributed by atoms with van der Waals surface area (Å²) in [6.45, 7) is 1.79. The van der Waals surface area contributed by atoms with E-state index in [-0.39, 0.29) is 19.2 Å². The molecule has 0 aromatic heterocycles. The second-order valence-corrected chi connectivity index (χ2v) is 4.66. The van der Waals surface area contributed by atoms with Gasteiger partial charge in [0.2, 0.25) is 5.91 Å². The molecule has 7 heteroatoms. The van der Waals surface area contributed by atoms with Gasteiger partial charge in [-0.2, -0.15) is 0 Å². The molecule has 1 amide bonds. The minimum absolute atomic E-state index is 0.0192. The number of nitrogens with zero attached hydrogens (tertiary/aromatic N) is 1. The SMILES string of the molecule is NC(=O)CN1CC(NCCCO)CC(C(=O)O)C1. The Morgan fingerprint density at radius 3 is 2.67 bits per heavy atom. The Bertz CT molecular complexity index is 298. The third kappa shape index (κ3) is 4.99. The summed E-state index contributed by atoms with van der Waals surface area (Å²) in [5, 5.41) is 21.0. The first kappa shape index (κ1) is 14.9. The van der Waals surface area contributed by atoms with E-state index < -0.39 is 17.8 Å². The second-order valence-electron chi connectivity index (χ2n) is 4.66. The van der Waals surface area contributed by atoms with Crippen LogP contribution in [0.1, 0.15) is 12.8 Å². The van der Waals surface area contributed by atoms with Crippen LogP contribution < -0.4 is 11.1 Å². The number of hydrogen-bond acceptors (Lipinski definition) is 5. The average Bonchev–Trinajstić information content (AvgIpc) is 2.28. The number of aliphatic hydroxyl groups is 1. The number of hydrogen-bond donors (Lipinski definition) is 4. The topological polar surface area (TPSA) is 116 Å². The number of aliphatic hydroxyl groups excluding tert-OH is 1. The summed E-state index contributed by atoms with van der Waals surface area (Å²) < 4.78 is 0. The van der Waals surface area contributed by atoms with Crippen molar-refractivity contribution in [3.05, 3.63) is 0 Å². The van der Waals surface area contributed by atoms with Crippen LogP contribution in [0.5, 0.6) is 0 Å². The van der Waals surface area contributed by atoms with Gasteiger partial charge < -0.3 is 21.3 Å². The van der Waals surface area contributed by atoms with E-state index >= 15 is 0 Å². The van der Waals surface area contributed by atoms with E-state index in [1.807, 2.05) is 0 Å². The Hall–Kier alpha value is -1.18. The highest BCUT2D eigenvalue weighted by Gasteiger charge is 2.31. The summed E-state index contributed by atoms with van der Waals surface area (Å²) in [5.41, 5.74) is 5.13. The Morgan fingerprint density at radius 2 is 2.11 bits per heavy atom. The summed E-state index contributed by atoms with van der Waals surface area (Å²) in [6.07, 6.45) is 1.17. The van der Waals surface area contributed by atoms with Crippen LogP contribution in [-0.4, -0.2) is 65.8 Å². The van der Waals surface area contributed by atoms with E-state index in [0.717, 1.165) is 0 Å². The van der Waals surface area contributed by atoms with Gasteiger partial charge in [0.15, 0.2) is 0 Å². The number of carbonyl (C=O) groups excluding carboxylic acids is 1. The standard InChI is InChI=1S/C11H21N3O4/c12-10(16)7-14-5-8(11(17)18)4-9(6-14)13-2-1-3-15/h8-9,13,15H,1-7H2,(H2,12,16)(H,17,18). The number of carboxylic acid groups (broad SMARTS) is 1. The highest BCUT2D eigenvalue weighted by atomic mass is 16.4. The van der Waals surface area contributed by atoms with Crippen LogP contribution in [0, 0.1) is 5.92 Å². The molecule has 0 saturated carbocycles. The summed E-state index contributed by atoms with van der Waals surface area (Å²) in [7, 11) is 0. The van der Waals surface area contributed by atoms with Gasteiger partial charge in [0, 0.05) is 25.7 Å². The largest absolute Gasteiger partial charge is 0.481 e. The van der Waals surface area contributed by atoms with E-state index in [1.54, 1.807) is 4.90 Å². The van der Waals surface area contributed by atoms with Gasteiger partial charge in [-0.15, -0.1) is 0 Å². The van der Waals surface area contributed by atoms with E-state index in [1.165, 1.54) is 0 Å². The fraction of sp³-hybridized carbons (Fsp3) is 0.818. The lowest BCUT2D eigenvalue weighted by molar-refractivity contribution is -0.144. The highest BCUT2D eigenvalue weighted by molar-refractivity contribution is 5.76. The van der Waals surface area contributed by atoms with Crippen LogP contribution >= 0.6 is 0 Å². The molecule has 0 aromatic carbocycles. The maximum absolute atomic E-state index is 11.1. The van der Waals surface area contributed by atoms with E-state index in [0.29, 0.717) is 32.5 Å². The quantitative estimate of drug-likeness (QED) is 0.402. The van der Waals surface area contributed by atoms with Crippen molar-refractivity contribution in [1.82, 2.24) is 10.2 Å². The smallest absolute Gasteiger partial charge is 0.307 e. The average molecular weight is 259 g/mol. The molecule has 0 aliphatic carbocycles. The number of amides is 1. The Balaban J connectivity index is 2.50. The van der Waals surface area contributed by atoms with Gasteiger partial charge in [0.1, 0.15) is 0 Å². The normalized spacial score (nSPS) is 24.9. The maximum Gasteiger partial charge on any atom is 0.307 e. The van der Waals surface area contributed by atoms with E-state index in [4.69, 9.17) is 15.9 Å². The van der Waals surface area contributed by atoms with Crippen molar-refractivity contribution < 1.29 is 19.8 Å². The molecule has 1 rings (SSSR count). The minimum atomic E-state index is -0.849. The predicted molar refractivity (Wildman–Crippen MR) is 64.9 cm³/mol. The fourth-order valence-electron chi connectivity index (χ4n) is 2.25. The van der Waals surface area contributed by atoms with Crippen molar-refractivity contribution in [2.45, 2.75) is 18.9 Å². The number of likely N-dealkylation sites (tertiary alicyclic amines) is 1. The van der Waals surface area contributed by atoms with Crippen LogP contribution in [0.3, 0.4) is 0 Å². The number of nitrogens with two attached hydrogens (primary N) is 1. The second kappa shape index (κ2) is 7.30. The maximum atomic E-state index is 11.1. The van der Waals surface area contributed by atoms with Crippen molar-refractivity contribution in [3.63, 3.8) is 0 Å². The third-order valence-electron chi connectivity index (χ3n) is 3.02. The van der Waals surface area contributed by atoms with Gasteiger partial charge in [-0.25, -0.2) is 0 Å². The summed E-state index contributed by atoms with van der Waals surface area (Å²) in [6, 6.07) is 0.0192. The number of piperidine rings is 1. The van der Waals surface area contributed by atoms with Crippen molar-refractivity contribution >= 4 is 11.9 Å². The van der Waals surface area contributed by atoms with Gasteiger partial charge in [-0.05, 0) is 19.4 Å². The van der Waals surface area contributed by atoms with Gasteiger partial charge in [-0.1, -0.05) is 0 Å². The highest BCUT2D eigenvalue weighted by Crippen LogP contribution is 2.17. The Kier molecular flexibility index (Phi) is 6.03. The number of carbonyl (C=O) groups is 2. The monoisotopic (exact) mass is 259 g/mol. The van der Waals surface area contributed by atoms with Crippen molar-refractivity contribution in [3.8, 4) is 0 Å². The first-order valence-electron chi connectivity index (χ1n) is 6.10. The lowest BCUT2D eigenvalue weighted by atomic mass is 9.94. The Labute approximate surface area is 106 Å². The lowest BCUT2D eigenvalue weighted by Crippen LogP contribution is -2.53. The van der Waals surface area contributed by atoms with Gasteiger partial charge in [0.25, 0.3) is 0 Å². The van der Waals surface area contributed by atoms with Gasteiger partial charge in [0.05, 0.1) is 12.5 Å². The van der Waals surface area contributed by atoms with Crippen LogP contribution in [0.25, 0.3) is 0 Å². The van der Waals surface area contributed by atoms with E-state index in [2.05, 4.69) is 5.32 Å². The minimum Gasteiger partial charge on any atom is -0.481 e. The number of carboxylic acids is 1. The lowest BCUT2D eigenvalue weighted by Gasteiger charge is -2.35. The summed E-state index contributed by atoms with van der Waals surface area (Å²) in [4.78, 5) is 23.7. The molecule has 0 aromatic rings. The molecule has 1 saturated heterocycles. The zero-order valence-electron chi connectivity index (χ0n) is 10.3.